The zero-order chi connectivity index (χ0) is 23.5. The van der Waals surface area contributed by atoms with Gasteiger partial charge in [0.1, 0.15) is 0 Å². The second-order valence-electron chi connectivity index (χ2n) is 8.02. The summed E-state index contributed by atoms with van der Waals surface area (Å²) in [4.78, 5) is 32.2. The van der Waals surface area contributed by atoms with Crippen molar-refractivity contribution in [3.63, 3.8) is 0 Å². The lowest BCUT2D eigenvalue weighted by molar-refractivity contribution is -0.126. The van der Waals surface area contributed by atoms with Crippen molar-refractivity contribution in [1.29, 1.82) is 0 Å². The van der Waals surface area contributed by atoms with Crippen LogP contribution in [0, 0.1) is 5.92 Å². The summed E-state index contributed by atoms with van der Waals surface area (Å²) in [5.41, 5.74) is 5.63. The van der Waals surface area contributed by atoms with E-state index in [1.165, 1.54) is 18.3 Å². The summed E-state index contributed by atoms with van der Waals surface area (Å²) < 4.78 is 23.8. The first kappa shape index (κ1) is 24.1. The number of aromatic nitrogens is 2. The third-order valence-corrected chi connectivity index (χ3v) is 7.17. The largest absolute Gasteiger partial charge is 0.377 e. The first-order chi connectivity index (χ1) is 15.1. The second-order valence-corrected chi connectivity index (χ2v) is 10.4. The molecule has 3 rings (SSSR count). The van der Waals surface area contributed by atoms with E-state index in [9.17, 15) is 23.1 Å². The highest BCUT2D eigenvalue weighted by Crippen LogP contribution is 2.36. The van der Waals surface area contributed by atoms with Crippen LogP contribution in [0.3, 0.4) is 0 Å². The highest BCUT2D eigenvalue weighted by Gasteiger charge is 2.28. The van der Waals surface area contributed by atoms with Gasteiger partial charge >= 0.3 is 0 Å². The topological polar surface area (TPSA) is 152 Å². The van der Waals surface area contributed by atoms with E-state index in [4.69, 9.17) is 17.3 Å². The van der Waals surface area contributed by atoms with Crippen LogP contribution in [0.25, 0.3) is 0 Å². The highest BCUT2D eigenvalue weighted by atomic mass is 35.5. The maximum Gasteiger partial charge on any atom is 0.252 e. The Balaban J connectivity index is 1.84. The number of nitrogens with one attached hydrogen (secondary N) is 1. The Hall–Kier alpha value is -2.56. The van der Waals surface area contributed by atoms with Gasteiger partial charge in [-0.25, -0.2) is 13.4 Å². The first-order valence-electron chi connectivity index (χ1n) is 10.2. The molecule has 1 aliphatic rings. The molecule has 2 atom stereocenters. The van der Waals surface area contributed by atoms with Gasteiger partial charge in [-0.2, -0.15) is 0 Å². The average molecular weight is 481 g/mol. The third-order valence-electron chi connectivity index (χ3n) is 5.59. The van der Waals surface area contributed by atoms with Gasteiger partial charge in [0, 0.05) is 6.26 Å². The zero-order valence-electron chi connectivity index (χ0n) is 17.5. The third kappa shape index (κ3) is 5.81. The molecule has 2 aromatic rings. The second kappa shape index (κ2) is 9.93. The maximum atomic E-state index is 13.2. The van der Waals surface area contributed by atoms with Gasteiger partial charge in [-0.3, -0.25) is 14.6 Å². The number of primary amides is 1. The molecule has 0 bridgehead atoms. The van der Waals surface area contributed by atoms with E-state index >= 15 is 0 Å². The van der Waals surface area contributed by atoms with Crippen LogP contribution in [0.1, 0.15) is 55.4 Å². The van der Waals surface area contributed by atoms with Crippen molar-refractivity contribution in [1.82, 2.24) is 9.97 Å². The molecule has 0 radical (unpaired) electrons. The molecule has 1 saturated carbocycles. The molecule has 2 unspecified atom stereocenters. The van der Waals surface area contributed by atoms with Crippen molar-refractivity contribution in [2.75, 3.05) is 11.6 Å². The summed E-state index contributed by atoms with van der Waals surface area (Å²) in [5, 5.41) is 12.4. The van der Waals surface area contributed by atoms with Gasteiger partial charge in [0.05, 0.1) is 33.9 Å². The molecule has 1 heterocycles. The number of anilines is 1. The summed E-state index contributed by atoms with van der Waals surface area (Å²) in [6, 6.07) is 4.55. The van der Waals surface area contributed by atoms with E-state index in [0.29, 0.717) is 17.9 Å². The Kier molecular flexibility index (Phi) is 7.47. The predicted molar refractivity (Wildman–Crippen MR) is 119 cm³/mol. The first-order valence-corrected chi connectivity index (χ1v) is 12.4. The van der Waals surface area contributed by atoms with Gasteiger partial charge in [0.2, 0.25) is 5.91 Å². The molecule has 1 aromatic heterocycles. The molecular formula is C21H25ClN4O5S. The molecule has 1 fully saturated rings. The molecule has 9 nitrogen and oxygen atoms in total. The smallest absolute Gasteiger partial charge is 0.252 e. The van der Waals surface area contributed by atoms with Gasteiger partial charge in [-0.1, -0.05) is 43.4 Å². The zero-order valence-corrected chi connectivity index (χ0v) is 19.1. The Labute approximate surface area is 191 Å². The van der Waals surface area contributed by atoms with Crippen LogP contribution >= 0.6 is 11.6 Å². The van der Waals surface area contributed by atoms with Crippen LogP contribution in [-0.2, 0) is 19.4 Å². The molecular weight excluding hydrogens is 456 g/mol. The number of carbonyl (C=O) groups is 2. The minimum atomic E-state index is -3.49. The van der Waals surface area contributed by atoms with E-state index in [0.717, 1.165) is 38.1 Å². The highest BCUT2D eigenvalue weighted by molar-refractivity contribution is 7.90. The number of hydrogen-bond acceptors (Lipinski definition) is 7. The molecule has 0 aliphatic heterocycles. The molecule has 1 aliphatic carbocycles. The lowest BCUT2D eigenvalue weighted by atomic mass is 9.87. The summed E-state index contributed by atoms with van der Waals surface area (Å²) in [6.07, 6.45) is 6.75. The van der Waals surface area contributed by atoms with Crippen LogP contribution in [0.4, 0.5) is 5.82 Å². The van der Waals surface area contributed by atoms with Gasteiger partial charge < -0.3 is 16.2 Å². The minimum Gasteiger partial charge on any atom is -0.377 e. The van der Waals surface area contributed by atoms with Crippen LogP contribution < -0.4 is 11.1 Å². The number of nitrogens with two attached hydrogens (primary N) is 1. The normalized spacial score (nSPS) is 16.5. The number of hydrogen-bond donors (Lipinski definition) is 3. The molecule has 2 amide bonds. The van der Waals surface area contributed by atoms with Crippen molar-refractivity contribution < 1.29 is 23.1 Å². The molecule has 1 aromatic carbocycles. The van der Waals surface area contributed by atoms with Crippen LogP contribution in [0.15, 0.2) is 35.5 Å². The number of benzene rings is 1. The monoisotopic (exact) mass is 480 g/mol. The predicted octanol–water partition coefficient (Wildman–Crippen LogP) is 2.35. The fourth-order valence-electron chi connectivity index (χ4n) is 3.91. The number of sulfone groups is 1. The standard InChI is InChI=1S/C21H25ClN4O5S/c1-32(30,31)17-7-6-13(9-15(17)22)14(8-12-4-2-3-5-12)21(29)26-18-11-24-16(10-25-18)19(27)20(23)28/h6-7,9-12,14,19,27H,2-5,8H2,1H3,(H2,23,28)(H,25,26,29). The molecule has 0 spiro atoms. The van der Waals surface area contributed by atoms with Crippen molar-refractivity contribution in [3.05, 3.63) is 46.9 Å². The van der Waals surface area contributed by atoms with Crippen molar-refractivity contribution in [3.8, 4) is 0 Å². The van der Waals surface area contributed by atoms with Crippen molar-refractivity contribution in [2.45, 2.75) is 49.0 Å². The minimum absolute atomic E-state index is 0.0115. The van der Waals surface area contributed by atoms with Gasteiger partial charge in [-0.15, -0.1) is 0 Å². The van der Waals surface area contributed by atoms with Crippen LogP contribution in [-0.4, -0.2) is 41.6 Å². The summed E-state index contributed by atoms with van der Waals surface area (Å²) in [5.74, 6) is -1.34. The molecule has 172 valence electrons. The quantitative estimate of drug-likeness (QED) is 0.524. The number of rotatable bonds is 8. The Morgan fingerprint density at radius 1 is 1.25 bits per heavy atom. The average Bonchev–Trinajstić information content (AvgIpc) is 3.24. The van der Waals surface area contributed by atoms with E-state index in [2.05, 4.69) is 15.3 Å². The van der Waals surface area contributed by atoms with Crippen molar-refractivity contribution >= 4 is 39.1 Å². The lowest BCUT2D eigenvalue weighted by Gasteiger charge is -2.21. The number of aliphatic hydroxyl groups excluding tert-OH is 1. The number of halogens is 1. The number of carbonyl (C=O) groups excluding carboxylic acids is 2. The Bertz CT molecular complexity index is 1100. The fraction of sp³-hybridized carbons (Fsp3) is 0.429. The molecule has 4 N–H and O–H groups in total. The number of aliphatic hydroxyl groups is 1. The Morgan fingerprint density at radius 3 is 2.47 bits per heavy atom. The van der Waals surface area contributed by atoms with Crippen LogP contribution in [0.2, 0.25) is 5.02 Å². The van der Waals surface area contributed by atoms with Crippen LogP contribution in [0.5, 0.6) is 0 Å². The molecule has 11 heteroatoms. The van der Waals surface area contributed by atoms with E-state index in [1.807, 2.05) is 0 Å². The van der Waals surface area contributed by atoms with Gasteiger partial charge in [0.25, 0.3) is 5.91 Å². The summed E-state index contributed by atoms with van der Waals surface area (Å²) in [6.45, 7) is 0. The van der Waals surface area contributed by atoms with Gasteiger partial charge in [-0.05, 0) is 30.0 Å². The molecule has 32 heavy (non-hydrogen) atoms. The Morgan fingerprint density at radius 2 is 1.94 bits per heavy atom. The fourth-order valence-corrected chi connectivity index (χ4v) is 5.25. The van der Waals surface area contributed by atoms with Crippen molar-refractivity contribution in [2.24, 2.45) is 11.7 Å². The summed E-state index contributed by atoms with van der Waals surface area (Å²) >= 11 is 6.22. The maximum absolute atomic E-state index is 13.2. The SMILES string of the molecule is CS(=O)(=O)c1ccc(C(CC2CCCC2)C(=O)Nc2cnc(C(O)C(N)=O)cn2)cc1Cl. The van der Waals surface area contributed by atoms with Gasteiger partial charge in [0.15, 0.2) is 21.8 Å². The summed E-state index contributed by atoms with van der Waals surface area (Å²) in [7, 11) is -3.49. The van der Waals surface area contributed by atoms with E-state index < -0.39 is 27.8 Å². The molecule has 0 saturated heterocycles. The van der Waals surface area contributed by atoms with E-state index in [1.54, 1.807) is 6.07 Å². The number of nitrogens with zero attached hydrogens (tertiary/aromatic N) is 2. The van der Waals surface area contributed by atoms with E-state index in [-0.39, 0.29) is 27.3 Å². The number of amides is 2. The lowest BCUT2D eigenvalue weighted by Crippen LogP contribution is -2.24.